The topological polar surface area (TPSA) is 34.9 Å². The van der Waals surface area contributed by atoms with Gasteiger partial charge in [-0.3, -0.25) is 9.48 Å². The van der Waals surface area contributed by atoms with Crippen molar-refractivity contribution in [3.8, 4) is 0 Å². The highest BCUT2D eigenvalue weighted by Crippen LogP contribution is 2.36. The summed E-state index contributed by atoms with van der Waals surface area (Å²) >= 11 is 0. The van der Waals surface area contributed by atoms with Crippen LogP contribution in [0.4, 0.5) is 8.78 Å². The van der Waals surface area contributed by atoms with Gasteiger partial charge >= 0.3 is 0 Å². The lowest BCUT2D eigenvalue weighted by atomic mass is 9.83. The van der Waals surface area contributed by atoms with Crippen LogP contribution in [0.3, 0.4) is 0 Å². The van der Waals surface area contributed by atoms with E-state index in [-0.39, 0.29) is 24.5 Å². The highest BCUT2D eigenvalue weighted by molar-refractivity contribution is 5.83. The predicted octanol–water partition coefficient (Wildman–Crippen LogP) is 3.40. The molecular weight excluding hydrogens is 262 g/mol. The van der Waals surface area contributed by atoms with Gasteiger partial charge in [-0.25, -0.2) is 8.78 Å². The largest absolute Gasteiger partial charge is 0.299 e. The molecule has 5 heteroatoms. The van der Waals surface area contributed by atoms with Crippen LogP contribution in [0.1, 0.15) is 50.9 Å². The number of Topliss-reactive ketones (excluding diaryl/α,β-unsaturated/α-hetero) is 1. The number of rotatable bonds is 5. The Bertz CT molecular complexity index is 472. The van der Waals surface area contributed by atoms with Gasteiger partial charge in [0.1, 0.15) is 5.78 Å². The van der Waals surface area contributed by atoms with Crippen LogP contribution in [0.2, 0.25) is 0 Å². The fourth-order valence-electron chi connectivity index (χ4n) is 2.79. The van der Waals surface area contributed by atoms with Crippen molar-refractivity contribution in [2.24, 2.45) is 5.92 Å². The van der Waals surface area contributed by atoms with Gasteiger partial charge in [0, 0.05) is 37.4 Å². The maximum Gasteiger partial charge on any atom is 0.248 e. The molecule has 0 radical (unpaired) electrons. The van der Waals surface area contributed by atoms with Crippen molar-refractivity contribution >= 4 is 5.78 Å². The minimum atomic E-state index is -2.57. The van der Waals surface area contributed by atoms with Crippen LogP contribution in [0, 0.1) is 5.92 Å². The van der Waals surface area contributed by atoms with E-state index in [1.165, 1.54) is 0 Å². The summed E-state index contributed by atoms with van der Waals surface area (Å²) in [5, 5.41) is 4.41. The summed E-state index contributed by atoms with van der Waals surface area (Å²) in [5.41, 5.74) is 1.89. The summed E-state index contributed by atoms with van der Waals surface area (Å²) in [5.74, 6) is -2.70. The van der Waals surface area contributed by atoms with Crippen molar-refractivity contribution in [1.82, 2.24) is 9.78 Å². The number of carbonyl (C=O) groups excluding carboxylic acids is 1. The molecule has 1 aliphatic rings. The Kier molecular flexibility index (Phi) is 4.55. The zero-order valence-corrected chi connectivity index (χ0v) is 12.2. The van der Waals surface area contributed by atoms with Gasteiger partial charge in [-0.05, 0) is 32.3 Å². The summed E-state index contributed by atoms with van der Waals surface area (Å²) in [6, 6.07) is 1.96. The Morgan fingerprint density at radius 1 is 1.40 bits per heavy atom. The van der Waals surface area contributed by atoms with Crippen molar-refractivity contribution < 1.29 is 13.6 Å². The highest BCUT2D eigenvalue weighted by Gasteiger charge is 2.37. The number of ketones is 1. The van der Waals surface area contributed by atoms with Crippen LogP contribution in [-0.2, 0) is 24.2 Å². The van der Waals surface area contributed by atoms with Gasteiger partial charge < -0.3 is 0 Å². The number of nitrogens with zero attached hydrogens (tertiary/aromatic N) is 2. The fraction of sp³-hybridized carbons (Fsp3) is 0.733. The first-order valence-electron chi connectivity index (χ1n) is 7.41. The number of aromatic nitrogens is 2. The molecule has 1 aromatic heterocycles. The first-order chi connectivity index (χ1) is 9.45. The molecule has 1 aliphatic carbocycles. The lowest BCUT2D eigenvalue weighted by molar-refractivity contribution is -0.126. The third kappa shape index (κ3) is 3.44. The van der Waals surface area contributed by atoms with Crippen LogP contribution in [0.5, 0.6) is 0 Å². The summed E-state index contributed by atoms with van der Waals surface area (Å²) in [4.78, 5) is 12.3. The molecule has 1 fully saturated rings. The maximum absolute atomic E-state index is 13.1. The van der Waals surface area contributed by atoms with Crippen LogP contribution >= 0.6 is 0 Å². The molecular formula is C15H22F2N2O. The van der Waals surface area contributed by atoms with Crippen LogP contribution in [0.15, 0.2) is 6.07 Å². The van der Waals surface area contributed by atoms with Crippen molar-refractivity contribution in [2.45, 2.75) is 64.8 Å². The van der Waals surface area contributed by atoms with Gasteiger partial charge in [-0.1, -0.05) is 6.92 Å². The molecule has 0 N–H and O–H groups in total. The average molecular weight is 284 g/mol. The minimum Gasteiger partial charge on any atom is -0.299 e. The molecule has 112 valence electrons. The Balaban J connectivity index is 1.99. The smallest absolute Gasteiger partial charge is 0.248 e. The molecule has 0 bridgehead atoms. The molecule has 0 aromatic carbocycles. The second-order valence-electron chi connectivity index (χ2n) is 5.57. The number of alkyl halides is 2. The second-order valence-corrected chi connectivity index (χ2v) is 5.57. The van der Waals surface area contributed by atoms with E-state index in [2.05, 4.69) is 5.10 Å². The van der Waals surface area contributed by atoms with Crippen molar-refractivity contribution in [3.05, 3.63) is 17.5 Å². The molecule has 0 atom stereocenters. The van der Waals surface area contributed by atoms with Gasteiger partial charge in [-0.2, -0.15) is 5.10 Å². The minimum absolute atomic E-state index is 0.0813. The number of hydrogen-bond acceptors (Lipinski definition) is 2. The SMILES string of the molecule is CCc1cc(CC(=O)C2CCC(F)(F)CC2)n(CC)n1. The molecule has 0 unspecified atom stereocenters. The Morgan fingerprint density at radius 3 is 2.60 bits per heavy atom. The summed E-state index contributed by atoms with van der Waals surface area (Å²) < 4.78 is 28.1. The van der Waals surface area contributed by atoms with Gasteiger partial charge in [-0.15, -0.1) is 0 Å². The fourth-order valence-corrected chi connectivity index (χ4v) is 2.79. The number of carbonyl (C=O) groups is 1. The molecule has 0 amide bonds. The zero-order valence-electron chi connectivity index (χ0n) is 12.2. The van der Waals surface area contributed by atoms with E-state index in [1.807, 2.05) is 24.6 Å². The third-order valence-electron chi connectivity index (χ3n) is 4.10. The molecule has 2 rings (SSSR count). The predicted molar refractivity (Wildman–Crippen MR) is 72.9 cm³/mol. The summed E-state index contributed by atoms with van der Waals surface area (Å²) in [6.07, 6.45) is 1.47. The molecule has 20 heavy (non-hydrogen) atoms. The third-order valence-corrected chi connectivity index (χ3v) is 4.10. The molecule has 1 saturated carbocycles. The molecule has 0 saturated heterocycles. The summed E-state index contributed by atoms with van der Waals surface area (Å²) in [7, 11) is 0. The normalized spacial score (nSPS) is 19.2. The quantitative estimate of drug-likeness (QED) is 0.830. The first-order valence-corrected chi connectivity index (χ1v) is 7.41. The number of halogens is 2. The summed E-state index contributed by atoms with van der Waals surface area (Å²) in [6.45, 7) is 4.74. The standard InChI is InChI=1S/C15H22F2N2O/c1-3-12-9-13(19(4-2)18-12)10-14(20)11-5-7-15(16,17)8-6-11/h9,11H,3-8,10H2,1-2H3. The van der Waals surface area contributed by atoms with E-state index >= 15 is 0 Å². The first kappa shape index (κ1) is 15.1. The molecule has 3 nitrogen and oxygen atoms in total. The molecule has 1 aromatic rings. The Morgan fingerprint density at radius 2 is 2.05 bits per heavy atom. The van der Waals surface area contributed by atoms with Crippen LogP contribution < -0.4 is 0 Å². The average Bonchev–Trinajstić information content (AvgIpc) is 2.80. The Labute approximate surface area is 118 Å². The lowest BCUT2D eigenvalue weighted by Gasteiger charge is -2.27. The van der Waals surface area contributed by atoms with E-state index in [0.29, 0.717) is 19.3 Å². The van der Waals surface area contributed by atoms with Gasteiger partial charge in [0.2, 0.25) is 5.92 Å². The van der Waals surface area contributed by atoms with E-state index in [1.54, 1.807) is 0 Å². The monoisotopic (exact) mass is 284 g/mol. The maximum atomic E-state index is 13.1. The zero-order chi connectivity index (χ0) is 14.8. The van der Waals surface area contributed by atoms with Crippen molar-refractivity contribution in [1.29, 1.82) is 0 Å². The van der Waals surface area contributed by atoms with E-state index in [4.69, 9.17) is 0 Å². The molecule has 1 heterocycles. The Hall–Kier alpha value is -1.26. The number of aryl methyl sites for hydroxylation is 2. The molecule has 0 aliphatic heterocycles. The second kappa shape index (κ2) is 6.02. The van der Waals surface area contributed by atoms with Crippen LogP contribution in [0.25, 0.3) is 0 Å². The molecule has 0 spiro atoms. The van der Waals surface area contributed by atoms with E-state index < -0.39 is 5.92 Å². The van der Waals surface area contributed by atoms with Crippen molar-refractivity contribution in [2.75, 3.05) is 0 Å². The number of hydrogen-bond donors (Lipinski definition) is 0. The van der Waals surface area contributed by atoms with E-state index in [9.17, 15) is 13.6 Å². The van der Waals surface area contributed by atoms with Crippen LogP contribution in [-0.4, -0.2) is 21.5 Å². The van der Waals surface area contributed by atoms with Gasteiger partial charge in [0.05, 0.1) is 5.69 Å². The van der Waals surface area contributed by atoms with Gasteiger partial charge in [0.25, 0.3) is 0 Å². The van der Waals surface area contributed by atoms with E-state index in [0.717, 1.165) is 24.4 Å². The lowest BCUT2D eigenvalue weighted by Crippen LogP contribution is -2.29. The highest BCUT2D eigenvalue weighted by atomic mass is 19.3. The van der Waals surface area contributed by atoms with Crippen molar-refractivity contribution in [3.63, 3.8) is 0 Å². The van der Waals surface area contributed by atoms with Gasteiger partial charge in [0.15, 0.2) is 0 Å².